The van der Waals surface area contributed by atoms with Crippen molar-refractivity contribution in [1.82, 2.24) is 4.98 Å². The lowest BCUT2D eigenvalue weighted by Crippen LogP contribution is -2.10. The highest BCUT2D eigenvalue weighted by molar-refractivity contribution is 5.92. The fourth-order valence-corrected chi connectivity index (χ4v) is 2.16. The van der Waals surface area contributed by atoms with Crippen molar-refractivity contribution in [1.29, 1.82) is 0 Å². The van der Waals surface area contributed by atoms with Crippen LogP contribution in [0.2, 0.25) is 0 Å². The minimum absolute atomic E-state index is 0.437. The standard InChI is InChI=1S/C18H13N3O/c19-17-11-14(15-3-1-2-4-16(15)21-17)10-7-12-5-8-13(9-6-12)18(20)22/h1-6,8-9,11H,(H2,19,21)(H2,20,22). The SMILES string of the molecule is NC(=O)c1ccc(C#Cc2cc(N)nc3ccccc23)cc1. The predicted octanol–water partition coefficient (Wildman–Crippen LogP) is 2.32. The van der Waals surface area contributed by atoms with Crippen molar-refractivity contribution in [3.05, 3.63) is 71.3 Å². The van der Waals surface area contributed by atoms with Crippen LogP contribution in [0.4, 0.5) is 5.82 Å². The first-order valence-corrected chi connectivity index (χ1v) is 6.70. The molecule has 4 heteroatoms. The van der Waals surface area contributed by atoms with Crippen molar-refractivity contribution in [2.75, 3.05) is 5.73 Å². The lowest BCUT2D eigenvalue weighted by molar-refractivity contribution is 0.100. The molecular weight excluding hydrogens is 274 g/mol. The van der Waals surface area contributed by atoms with E-state index in [1.54, 1.807) is 30.3 Å². The van der Waals surface area contributed by atoms with E-state index in [1.165, 1.54) is 0 Å². The van der Waals surface area contributed by atoms with Gasteiger partial charge in [0.1, 0.15) is 5.82 Å². The van der Waals surface area contributed by atoms with Crippen LogP contribution in [-0.4, -0.2) is 10.9 Å². The first-order chi connectivity index (χ1) is 10.6. The number of fused-ring (bicyclic) bond motifs is 1. The molecule has 1 aromatic heterocycles. The molecule has 0 aliphatic heterocycles. The van der Waals surface area contributed by atoms with Crippen LogP contribution >= 0.6 is 0 Å². The van der Waals surface area contributed by atoms with Gasteiger partial charge in [-0.05, 0) is 36.4 Å². The third kappa shape index (κ3) is 2.74. The number of nitrogens with zero attached hydrogens (tertiary/aromatic N) is 1. The second-order valence-electron chi connectivity index (χ2n) is 4.80. The van der Waals surface area contributed by atoms with Crippen LogP contribution in [0.1, 0.15) is 21.5 Å². The maximum Gasteiger partial charge on any atom is 0.248 e. The zero-order valence-electron chi connectivity index (χ0n) is 11.7. The van der Waals surface area contributed by atoms with E-state index < -0.39 is 5.91 Å². The average Bonchev–Trinajstić information content (AvgIpc) is 2.52. The molecule has 22 heavy (non-hydrogen) atoms. The lowest BCUT2D eigenvalue weighted by atomic mass is 10.1. The molecule has 0 saturated carbocycles. The van der Waals surface area contributed by atoms with Crippen LogP contribution < -0.4 is 11.5 Å². The van der Waals surface area contributed by atoms with E-state index in [2.05, 4.69) is 16.8 Å². The van der Waals surface area contributed by atoms with Crippen LogP contribution in [0.3, 0.4) is 0 Å². The van der Waals surface area contributed by atoms with E-state index in [1.807, 2.05) is 24.3 Å². The summed E-state index contributed by atoms with van der Waals surface area (Å²) in [6.07, 6.45) is 0. The molecule has 0 radical (unpaired) electrons. The molecule has 1 heterocycles. The summed E-state index contributed by atoms with van der Waals surface area (Å²) < 4.78 is 0. The topological polar surface area (TPSA) is 82.0 Å². The number of rotatable bonds is 1. The average molecular weight is 287 g/mol. The highest BCUT2D eigenvalue weighted by Crippen LogP contribution is 2.18. The van der Waals surface area contributed by atoms with Gasteiger partial charge in [0.05, 0.1) is 5.52 Å². The first kappa shape index (κ1) is 13.7. The zero-order chi connectivity index (χ0) is 15.5. The van der Waals surface area contributed by atoms with Gasteiger partial charge in [-0.25, -0.2) is 4.98 Å². The Kier molecular flexibility index (Phi) is 3.47. The number of aromatic nitrogens is 1. The Labute approximate surface area is 127 Å². The summed E-state index contributed by atoms with van der Waals surface area (Å²) in [4.78, 5) is 15.3. The molecular formula is C18H13N3O. The molecule has 4 N–H and O–H groups in total. The van der Waals surface area contributed by atoms with Gasteiger partial charge < -0.3 is 11.5 Å². The minimum atomic E-state index is -0.451. The first-order valence-electron chi connectivity index (χ1n) is 6.70. The Bertz CT molecular complexity index is 918. The summed E-state index contributed by atoms with van der Waals surface area (Å²) in [6.45, 7) is 0. The van der Waals surface area contributed by atoms with E-state index in [9.17, 15) is 4.79 Å². The van der Waals surface area contributed by atoms with Crippen LogP contribution in [0, 0.1) is 11.8 Å². The molecule has 0 aliphatic rings. The second kappa shape index (κ2) is 5.58. The van der Waals surface area contributed by atoms with E-state index in [4.69, 9.17) is 11.5 Å². The van der Waals surface area contributed by atoms with Crippen molar-refractivity contribution in [2.24, 2.45) is 5.73 Å². The predicted molar refractivity (Wildman–Crippen MR) is 87.1 cm³/mol. The number of anilines is 1. The Morgan fingerprint density at radius 2 is 1.73 bits per heavy atom. The maximum absolute atomic E-state index is 11.0. The van der Waals surface area contributed by atoms with Gasteiger partial charge in [-0.1, -0.05) is 30.0 Å². The summed E-state index contributed by atoms with van der Waals surface area (Å²) in [5.41, 5.74) is 13.9. The van der Waals surface area contributed by atoms with Crippen molar-refractivity contribution in [3.8, 4) is 11.8 Å². The molecule has 3 rings (SSSR count). The number of nitrogen functional groups attached to an aromatic ring is 1. The molecule has 0 fully saturated rings. The van der Waals surface area contributed by atoms with Crippen molar-refractivity contribution in [2.45, 2.75) is 0 Å². The number of hydrogen-bond acceptors (Lipinski definition) is 3. The highest BCUT2D eigenvalue weighted by Gasteiger charge is 2.02. The van der Waals surface area contributed by atoms with Crippen molar-refractivity contribution < 1.29 is 4.79 Å². The van der Waals surface area contributed by atoms with Gasteiger partial charge in [0, 0.05) is 22.1 Å². The van der Waals surface area contributed by atoms with E-state index >= 15 is 0 Å². The normalized spacial score (nSPS) is 10.0. The third-order valence-electron chi connectivity index (χ3n) is 3.25. The molecule has 3 aromatic rings. The summed E-state index contributed by atoms with van der Waals surface area (Å²) >= 11 is 0. The number of primary amides is 1. The largest absolute Gasteiger partial charge is 0.384 e. The van der Waals surface area contributed by atoms with Gasteiger partial charge >= 0.3 is 0 Å². The number of pyridine rings is 1. The van der Waals surface area contributed by atoms with Crippen LogP contribution in [0.5, 0.6) is 0 Å². The van der Waals surface area contributed by atoms with Gasteiger partial charge in [0.2, 0.25) is 5.91 Å². The highest BCUT2D eigenvalue weighted by atomic mass is 16.1. The minimum Gasteiger partial charge on any atom is -0.384 e. The molecule has 0 bridgehead atoms. The number of hydrogen-bond donors (Lipinski definition) is 2. The number of carbonyl (C=O) groups is 1. The number of benzene rings is 2. The van der Waals surface area contributed by atoms with E-state index in [0.29, 0.717) is 11.4 Å². The third-order valence-corrected chi connectivity index (χ3v) is 3.25. The fraction of sp³-hybridized carbons (Fsp3) is 0. The van der Waals surface area contributed by atoms with Crippen LogP contribution in [-0.2, 0) is 0 Å². The molecule has 0 spiro atoms. The fourth-order valence-electron chi connectivity index (χ4n) is 2.16. The van der Waals surface area contributed by atoms with E-state index in [0.717, 1.165) is 22.0 Å². The van der Waals surface area contributed by atoms with Crippen LogP contribution in [0.25, 0.3) is 10.9 Å². The smallest absolute Gasteiger partial charge is 0.248 e. The van der Waals surface area contributed by atoms with Crippen LogP contribution in [0.15, 0.2) is 54.6 Å². The molecule has 0 aliphatic carbocycles. The van der Waals surface area contributed by atoms with Gasteiger partial charge in [-0.2, -0.15) is 0 Å². The Morgan fingerprint density at radius 3 is 2.45 bits per heavy atom. The molecule has 0 unspecified atom stereocenters. The monoisotopic (exact) mass is 287 g/mol. The zero-order valence-corrected chi connectivity index (χ0v) is 11.7. The number of para-hydroxylation sites is 1. The number of nitrogens with two attached hydrogens (primary N) is 2. The van der Waals surface area contributed by atoms with Gasteiger partial charge in [0.15, 0.2) is 0 Å². The van der Waals surface area contributed by atoms with Gasteiger partial charge in [0.25, 0.3) is 0 Å². The Balaban J connectivity index is 2.02. The lowest BCUT2D eigenvalue weighted by Gasteiger charge is -2.01. The quantitative estimate of drug-likeness (QED) is 0.674. The van der Waals surface area contributed by atoms with Crippen molar-refractivity contribution >= 4 is 22.6 Å². The summed E-state index contributed by atoms with van der Waals surface area (Å²) in [5.74, 6) is 6.15. The molecule has 106 valence electrons. The van der Waals surface area contributed by atoms with Crippen molar-refractivity contribution in [3.63, 3.8) is 0 Å². The summed E-state index contributed by atoms with van der Waals surface area (Å²) in [6, 6.07) is 16.3. The summed E-state index contributed by atoms with van der Waals surface area (Å²) in [7, 11) is 0. The molecule has 1 amide bonds. The van der Waals surface area contributed by atoms with Gasteiger partial charge in [-0.15, -0.1) is 0 Å². The molecule has 0 atom stereocenters. The molecule has 0 saturated heterocycles. The maximum atomic E-state index is 11.0. The Hall–Kier alpha value is -3.32. The molecule has 4 nitrogen and oxygen atoms in total. The number of carbonyl (C=O) groups excluding carboxylic acids is 1. The van der Waals surface area contributed by atoms with E-state index in [-0.39, 0.29) is 0 Å². The number of amides is 1. The summed E-state index contributed by atoms with van der Waals surface area (Å²) in [5, 5.41) is 0.956. The molecule has 2 aromatic carbocycles. The second-order valence-corrected chi connectivity index (χ2v) is 4.80. The van der Waals surface area contributed by atoms with Gasteiger partial charge in [-0.3, -0.25) is 4.79 Å². The Morgan fingerprint density at radius 1 is 1.00 bits per heavy atom.